The van der Waals surface area contributed by atoms with Crippen LogP contribution in [0.3, 0.4) is 0 Å². The fraction of sp³-hybridized carbons (Fsp3) is 0.786. The van der Waals surface area contributed by atoms with Gasteiger partial charge in [-0.25, -0.2) is 0 Å². The highest BCUT2D eigenvalue weighted by atomic mass is 16.6. The number of aryl methyl sites for hydroxylation is 1. The Labute approximate surface area is 207 Å². The van der Waals surface area contributed by atoms with Crippen molar-refractivity contribution in [1.82, 2.24) is 0 Å². The van der Waals surface area contributed by atoms with Crippen molar-refractivity contribution in [3.05, 3.63) is 27.6 Å². The Morgan fingerprint density at radius 3 is 2.49 bits per heavy atom. The molecule has 0 bridgehead atoms. The third kappa shape index (κ3) is 3.29. The highest BCUT2D eigenvalue weighted by molar-refractivity contribution is 5.66. The molecule has 0 spiro atoms. The lowest BCUT2D eigenvalue weighted by atomic mass is 9.36. The maximum absolute atomic E-state index is 12.9. The summed E-state index contributed by atoms with van der Waals surface area (Å²) in [6.07, 6.45) is 1.15. The number of esters is 1. The number of aliphatic hydroxyl groups excluding tert-OH is 2. The molecule has 3 saturated carbocycles. The molecule has 2 heterocycles. The highest BCUT2D eigenvalue weighted by Crippen LogP contribution is 2.70. The van der Waals surface area contributed by atoms with Crippen LogP contribution in [0, 0.1) is 40.9 Å². The Morgan fingerprint density at radius 2 is 1.83 bits per heavy atom. The molecule has 1 aromatic heterocycles. The molecule has 7 heteroatoms. The van der Waals surface area contributed by atoms with Gasteiger partial charge >= 0.3 is 5.97 Å². The van der Waals surface area contributed by atoms with Gasteiger partial charge in [0.1, 0.15) is 17.5 Å². The second kappa shape index (κ2) is 7.58. The van der Waals surface area contributed by atoms with Gasteiger partial charge in [-0.2, -0.15) is 0 Å². The molecular weight excluding hydrogens is 448 g/mol. The van der Waals surface area contributed by atoms with Crippen molar-refractivity contribution in [1.29, 1.82) is 0 Å². The van der Waals surface area contributed by atoms with E-state index in [0.717, 1.165) is 12.8 Å². The summed E-state index contributed by atoms with van der Waals surface area (Å²) < 4.78 is 17.9. The lowest BCUT2D eigenvalue weighted by Gasteiger charge is -2.70. The van der Waals surface area contributed by atoms with Crippen LogP contribution in [-0.4, -0.2) is 40.1 Å². The van der Waals surface area contributed by atoms with Crippen molar-refractivity contribution in [2.24, 2.45) is 34.0 Å². The van der Waals surface area contributed by atoms with Gasteiger partial charge in [0.05, 0.1) is 17.8 Å². The van der Waals surface area contributed by atoms with E-state index in [0.29, 0.717) is 30.6 Å². The summed E-state index contributed by atoms with van der Waals surface area (Å²) >= 11 is 0. The molecule has 0 amide bonds. The summed E-state index contributed by atoms with van der Waals surface area (Å²) in [7, 11) is 0. The van der Waals surface area contributed by atoms with Crippen molar-refractivity contribution in [3.63, 3.8) is 0 Å². The Kier molecular flexibility index (Phi) is 5.37. The van der Waals surface area contributed by atoms with Crippen LogP contribution >= 0.6 is 0 Å². The van der Waals surface area contributed by atoms with Crippen molar-refractivity contribution in [2.75, 3.05) is 0 Å². The second-order valence-electron chi connectivity index (χ2n) is 13.0. The molecule has 3 fully saturated rings. The van der Waals surface area contributed by atoms with Gasteiger partial charge < -0.3 is 24.1 Å². The predicted octanol–water partition coefficient (Wildman–Crippen LogP) is 3.78. The number of carbonyl (C=O) groups is 1. The number of rotatable bonds is 1. The van der Waals surface area contributed by atoms with E-state index in [1.807, 2.05) is 6.92 Å². The highest BCUT2D eigenvalue weighted by Gasteiger charge is 2.71. The van der Waals surface area contributed by atoms with E-state index in [1.165, 1.54) is 13.0 Å². The number of ether oxygens (including phenoxy) is 2. The smallest absolute Gasteiger partial charge is 0.302 e. The van der Waals surface area contributed by atoms with E-state index < -0.39 is 23.2 Å². The van der Waals surface area contributed by atoms with Crippen LogP contribution in [-0.2, 0) is 16.0 Å². The molecule has 194 valence electrons. The van der Waals surface area contributed by atoms with E-state index in [1.54, 1.807) is 6.92 Å². The molecule has 3 aliphatic carbocycles. The van der Waals surface area contributed by atoms with E-state index in [4.69, 9.17) is 13.9 Å². The maximum Gasteiger partial charge on any atom is 0.302 e. The van der Waals surface area contributed by atoms with Crippen molar-refractivity contribution in [3.8, 4) is 5.95 Å². The minimum Gasteiger partial charge on any atom is -0.462 e. The summed E-state index contributed by atoms with van der Waals surface area (Å²) in [4.78, 5) is 24.7. The molecule has 4 aliphatic rings. The van der Waals surface area contributed by atoms with Gasteiger partial charge in [-0.15, -0.1) is 0 Å². The molecule has 35 heavy (non-hydrogen) atoms. The van der Waals surface area contributed by atoms with Crippen LogP contribution < -0.4 is 10.2 Å². The zero-order valence-corrected chi connectivity index (χ0v) is 22.0. The molecule has 0 unspecified atom stereocenters. The molecule has 2 N–H and O–H groups in total. The minimum absolute atomic E-state index is 0.0132. The Balaban J connectivity index is 1.59. The van der Waals surface area contributed by atoms with Crippen LogP contribution in [0.15, 0.2) is 15.3 Å². The minimum atomic E-state index is -0.724. The normalized spacial score (nSPS) is 45.7. The van der Waals surface area contributed by atoms with Crippen molar-refractivity contribution in [2.45, 2.75) is 104 Å². The van der Waals surface area contributed by atoms with Crippen LogP contribution in [0.5, 0.6) is 5.95 Å². The lowest BCUT2D eigenvalue weighted by Crippen LogP contribution is -2.72. The molecule has 0 saturated heterocycles. The third-order valence-electron chi connectivity index (χ3n) is 10.7. The van der Waals surface area contributed by atoms with Gasteiger partial charge in [-0.3, -0.25) is 9.59 Å². The third-order valence-corrected chi connectivity index (χ3v) is 10.7. The fourth-order valence-corrected chi connectivity index (χ4v) is 9.32. The largest absolute Gasteiger partial charge is 0.462 e. The molecular formula is C28H40O7. The summed E-state index contributed by atoms with van der Waals surface area (Å²) in [6.45, 7) is 13.8. The molecule has 0 radical (unpaired) electrons. The SMILES string of the molecule is CC(=O)O[C@H]1C[C@@H](O)[C@@]2(C)[C@@H](CC[C@]3(C)[C@@H]2[C@@H](O)C[C@]2(C)Oc4oc(C)cc(=O)c4C[C@@H]32)C1(C)C. The van der Waals surface area contributed by atoms with Gasteiger partial charge in [-0.05, 0) is 50.4 Å². The lowest BCUT2D eigenvalue weighted by molar-refractivity contribution is -0.285. The standard InChI is InChI=1S/C28H40O7/c1-14-10-17(30)16-11-20-26(5)9-8-19-25(3,4)22(34-15(2)29)12-21(32)28(19,7)23(26)18(31)13-27(20,6)35-24(16)33-14/h10,18-23,31-32H,8-9,11-13H2,1-7H3/t18-,19-,20-,21+,22-,23-,26-,27-,28+/m0/s1. The monoisotopic (exact) mass is 488 g/mol. The summed E-state index contributed by atoms with van der Waals surface area (Å²) in [5.74, 6) is 0.317. The van der Waals surface area contributed by atoms with Crippen LogP contribution in [0.4, 0.5) is 0 Å². The van der Waals surface area contributed by atoms with Gasteiger partial charge in [0.15, 0.2) is 5.43 Å². The van der Waals surface area contributed by atoms with Gasteiger partial charge in [0.25, 0.3) is 5.95 Å². The topological polar surface area (TPSA) is 106 Å². The first-order valence-corrected chi connectivity index (χ1v) is 13.0. The maximum atomic E-state index is 12.9. The molecule has 1 aromatic rings. The first kappa shape index (κ1) is 24.8. The van der Waals surface area contributed by atoms with E-state index >= 15 is 0 Å². The van der Waals surface area contributed by atoms with Crippen LogP contribution in [0.1, 0.15) is 78.5 Å². The zero-order chi connectivity index (χ0) is 25.7. The number of carbonyl (C=O) groups excluding carboxylic acids is 1. The van der Waals surface area contributed by atoms with Crippen molar-refractivity contribution >= 4 is 5.97 Å². The molecule has 1 aliphatic heterocycles. The van der Waals surface area contributed by atoms with E-state index in [9.17, 15) is 19.8 Å². The van der Waals surface area contributed by atoms with Crippen LogP contribution in [0.25, 0.3) is 0 Å². The van der Waals surface area contributed by atoms with Gasteiger partial charge in [0, 0.05) is 42.6 Å². The average molecular weight is 489 g/mol. The zero-order valence-electron chi connectivity index (χ0n) is 22.0. The van der Waals surface area contributed by atoms with Crippen LogP contribution in [0.2, 0.25) is 0 Å². The molecule has 7 nitrogen and oxygen atoms in total. The van der Waals surface area contributed by atoms with E-state index in [-0.39, 0.29) is 52.0 Å². The summed E-state index contributed by atoms with van der Waals surface area (Å²) in [5.41, 5.74) is -1.47. The summed E-state index contributed by atoms with van der Waals surface area (Å²) in [5, 5.41) is 23.4. The predicted molar refractivity (Wildman–Crippen MR) is 129 cm³/mol. The van der Waals surface area contributed by atoms with Gasteiger partial charge in [-0.1, -0.05) is 27.7 Å². The van der Waals surface area contributed by atoms with Crippen molar-refractivity contribution < 1.29 is 28.9 Å². The molecule has 0 aromatic carbocycles. The van der Waals surface area contributed by atoms with Gasteiger partial charge in [0.2, 0.25) is 0 Å². The Bertz CT molecular complexity index is 1110. The number of hydrogen-bond donors (Lipinski definition) is 2. The average Bonchev–Trinajstić information content (AvgIpc) is 2.69. The Hall–Kier alpha value is -1.86. The first-order valence-electron chi connectivity index (χ1n) is 13.0. The number of hydrogen-bond acceptors (Lipinski definition) is 7. The Morgan fingerprint density at radius 1 is 1.14 bits per heavy atom. The number of aliphatic hydroxyl groups is 2. The van der Waals surface area contributed by atoms with E-state index in [2.05, 4.69) is 27.7 Å². The first-order chi connectivity index (χ1) is 16.1. The fourth-order valence-electron chi connectivity index (χ4n) is 9.32. The summed E-state index contributed by atoms with van der Waals surface area (Å²) in [6, 6.07) is 1.52. The number of fused-ring (bicyclic) bond motifs is 6. The quantitative estimate of drug-likeness (QED) is 0.580. The molecule has 9 atom stereocenters. The second-order valence-corrected chi connectivity index (χ2v) is 13.0. The molecule has 5 rings (SSSR count).